The largest absolute Gasteiger partial charge is 0.456 e. The molecular formula is C53H31N3OS. The van der Waals surface area contributed by atoms with Crippen molar-refractivity contribution in [2.45, 2.75) is 0 Å². The first kappa shape index (κ1) is 32.7. The molecule has 4 nitrogen and oxygen atoms in total. The van der Waals surface area contributed by atoms with Crippen molar-refractivity contribution < 1.29 is 4.42 Å². The smallest absolute Gasteiger partial charge is 0.164 e. The zero-order chi connectivity index (χ0) is 38.2. The van der Waals surface area contributed by atoms with Crippen molar-refractivity contribution in [1.29, 1.82) is 0 Å². The molecule has 0 radical (unpaired) electrons. The van der Waals surface area contributed by atoms with Gasteiger partial charge < -0.3 is 4.42 Å². The highest BCUT2D eigenvalue weighted by atomic mass is 32.1. The number of aromatic nitrogens is 3. The van der Waals surface area contributed by atoms with Crippen molar-refractivity contribution in [3.05, 3.63) is 188 Å². The van der Waals surface area contributed by atoms with Crippen LogP contribution in [0, 0.1) is 0 Å². The van der Waals surface area contributed by atoms with Crippen LogP contribution in [0.25, 0.3) is 120 Å². The number of hydrogen-bond donors (Lipinski definition) is 0. The van der Waals surface area contributed by atoms with E-state index >= 15 is 0 Å². The maximum absolute atomic E-state index is 6.18. The van der Waals surface area contributed by atoms with E-state index < -0.39 is 0 Å². The third kappa shape index (κ3) is 5.32. The van der Waals surface area contributed by atoms with E-state index in [1.54, 1.807) is 0 Å². The Morgan fingerprint density at radius 3 is 1.81 bits per heavy atom. The zero-order valence-electron chi connectivity index (χ0n) is 31.1. The normalized spacial score (nSPS) is 11.8. The Labute approximate surface area is 337 Å². The minimum absolute atomic E-state index is 0.604. The van der Waals surface area contributed by atoms with E-state index in [1.165, 1.54) is 52.8 Å². The molecular weight excluding hydrogens is 727 g/mol. The Bertz CT molecular complexity index is 3580. The number of furan rings is 1. The van der Waals surface area contributed by atoms with E-state index in [1.807, 2.05) is 41.7 Å². The van der Waals surface area contributed by atoms with Crippen LogP contribution in [-0.4, -0.2) is 15.0 Å². The molecule has 0 fully saturated rings. The lowest BCUT2D eigenvalue weighted by molar-refractivity contribution is 0.669. The van der Waals surface area contributed by atoms with Gasteiger partial charge in [0.05, 0.1) is 0 Å². The van der Waals surface area contributed by atoms with Crippen LogP contribution in [0.15, 0.2) is 192 Å². The number of thiophene rings is 1. The first-order valence-corrected chi connectivity index (χ1v) is 20.2. The molecule has 0 amide bonds. The first-order chi connectivity index (χ1) is 28.7. The number of benzene rings is 9. The fraction of sp³-hybridized carbons (Fsp3) is 0. The highest BCUT2D eigenvalue weighted by molar-refractivity contribution is 7.26. The molecule has 0 saturated heterocycles. The van der Waals surface area contributed by atoms with Gasteiger partial charge in [0.1, 0.15) is 11.2 Å². The van der Waals surface area contributed by atoms with Crippen LogP contribution < -0.4 is 0 Å². The van der Waals surface area contributed by atoms with E-state index in [-0.39, 0.29) is 0 Å². The van der Waals surface area contributed by atoms with E-state index in [0.29, 0.717) is 17.5 Å². The Morgan fingerprint density at radius 1 is 0.345 bits per heavy atom. The Hall–Kier alpha value is -7.47. The second kappa shape index (κ2) is 13.1. The van der Waals surface area contributed by atoms with Gasteiger partial charge in [0.2, 0.25) is 0 Å². The van der Waals surface area contributed by atoms with Gasteiger partial charge in [0, 0.05) is 47.6 Å². The molecule has 270 valence electrons. The van der Waals surface area contributed by atoms with Crippen LogP contribution in [0.3, 0.4) is 0 Å². The quantitative estimate of drug-likeness (QED) is 0.164. The molecule has 0 spiro atoms. The summed E-state index contributed by atoms with van der Waals surface area (Å²) in [5.74, 6) is 1.83. The third-order valence-electron chi connectivity index (χ3n) is 11.3. The molecule has 9 aromatic carbocycles. The highest BCUT2D eigenvalue weighted by Crippen LogP contribution is 2.41. The van der Waals surface area contributed by atoms with Crippen LogP contribution in [0.1, 0.15) is 0 Å². The molecule has 12 aromatic rings. The van der Waals surface area contributed by atoms with E-state index in [0.717, 1.165) is 49.8 Å². The summed E-state index contributed by atoms with van der Waals surface area (Å²) in [4.78, 5) is 15.5. The van der Waals surface area contributed by atoms with Crippen molar-refractivity contribution in [1.82, 2.24) is 15.0 Å². The molecule has 0 aliphatic heterocycles. The molecule has 0 saturated carbocycles. The number of hydrogen-bond acceptors (Lipinski definition) is 5. The fourth-order valence-corrected chi connectivity index (χ4v) is 9.77. The maximum Gasteiger partial charge on any atom is 0.164 e. The average molecular weight is 758 g/mol. The molecule has 0 aliphatic carbocycles. The zero-order valence-corrected chi connectivity index (χ0v) is 31.9. The van der Waals surface area contributed by atoms with Crippen molar-refractivity contribution >= 4 is 75.0 Å². The SMILES string of the molecule is c1cc(-c2nc(-c3ccc(-c4cccc5c4sc4ccccc45)cc3)nc(-c3ccc4oc5ccccc5c4c3)n2)cc(-c2cccc3ccc4ccccc4c23)c1. The monoisotopic (exact) mass is 757 g/mol. The molecule has 0 unspecified atom stereocenters. The van der Waals surface area contributed by atoms with Crippen molar-refractivity contribution in [2.75, 3.05) is 0 Å². The summed E-state index contributed by atoms with van der Waals surface area (Å²) in [5, 5.41) is 9.58. The Morgan fingerprint density at radius 2 is 0.931 bits per heavy atom. The second-order valence-corrected chi connectivity index (χ2v) is 15.8. The van der Waals surface area contributed by atoms with E-state index in [4.69, 9.17) is 19.4 Å². The first-order valence-electron chi connectivity index (χ1n) is 19.4. The lowest BCUT2D eigenvalue weighted by atomic mass is 9.93. The van der Waals surface area contributed by atoms with Crippen LogP contribution in [0.5, 0.6) is 0 Å². The van der Waals surface area contributed by atoms with Gasteiger partial charge in [-0.15, -0.1) is 11.3 Å². The topological polar surface area (TPSA) is 51.8 Å². The summed E-state index contributed by atoms with van der Waals surface area (Å²) < 4.78 is 8.77. The van der Waals surface area contributed by atoms with Crippen LogP contribution in [0.4, 0.5) is 0 Å². The van der Waals surface area contributed by atoms with Gasteiger partial charge in [-0.05, 0) is 80.2 Å². The molecule has 12 rings (SSSR count). The Kier molecular flexibility index (Phi) is 7.37. The molecule has 0 aliphatic rings. The van der Waals surface area contributed by atoms with Crippen LogP contribution >= 0.6 is 11.3 Å². The van der Waals surface area contributed by atoms with Crippen molar-refractivity contribution in [3.63, 3.8) is 0 Å². The number of rotatable bonds is 5. The fourth-order valence-electron chi connectivity index (χ4n) is 8.53. The average Bonchev–Trinajstić information content (AvgIpc) is 3.87. The van der Waals surface area contributed by atoms with E-state index in [9.17, 15) is 0 Å². The minimum Gasteiger partial charge on any atom is -0.456 e. The third-order valence-corrected chi connectivity index (χ3v) is 12.5. The summed E-state index contributed by atoms with van der Waals surface area (Å²) in [7, 11) is 0. The number of nitrogens with zero attached hydrogens (tertiary/aromatic N) is 3. The summed E-state index contributed by atoms with van der Waals surface area (Å²) in [6, 6.07) is 66.3. The van der Waals surface area contributed by atoms with Gasteiger partial charge in [0.15, 0.2) is 17.5 Å². The molecule has 0 N–H and O–H groups in total. The van der Waals surface area contributed by atoms with Gasteiger partial charge in [-0.1, -0.05) is 152 Å². The Balaban J connectivity index is 1.01. The lowest BCUT2D eigenvalue weighted by Crippen LogP contribution is -2.00. The van der Waals surface area contributed by atoms with Gasteiger partial charge in [0.25, 0.3) is 0 Å². The van der Waals surface area contributed by atoms with Crippen molar-refractivity contribution in [2.24, 2.45) is 0 Å². The van der Waals surface area contributed by atoms with Gasteiger partial charge >= 0.3 is 0 Å². The van der Waals surface area contributed by atoms with Crippen molar-refractivity contribution in [3.8, 4) is 56.4 Å². The summed E-state index contributed by atoms with van der Waals surface area (Å²) in [5.41, 5.74) is 9.08. The summed E-state index contributed by atoms with van der Waals surface area (Å²) in [6.07, 6.45) is 0. The minimum atomic E-state index is 0.604. The molecule has 3 heterocycles. The molecule has 0 atom stereocenters. The van der Waals surface area contributed by atoms with Crippen LogP contribution in [0.2, 0.25) is 0 Å². The predicted molar refractivity (Wildman–Crippen MR) is 242 cm³/mol. The van der Waals surface area contributed by atoms with Gasteiger partial charge in [-0.2, -0.15) is 0 Å². The van der Waals surface area contributed by atoms with Gasteiger partial charge in [-0.25, -0.2) is 15.0 Å². The standard InChI is InChI=1S/C53H31N3OS/c1-2-14-39-32(10-1)22-25-34-11-8-17-40(49(34)39)36-12-7-13-37(30-36)52-54-51(55-53(56-52)38-28-29-47-45(31-38)42-15-3-5-20-46(42)57-47)35-26-23-33(24-27-35)41-18-9-19-44-43-16-4-6-21-48(43)58-50(41)44/h1-31H. The van der Waals surface area contributed by atoms with Gasteiger partial charge in [-0.3, -0.25) is 0 Å². The number of para-hydroxylation sites is 1. The maximum atomic E-state index is 6.18. The summed E-state index contributed by atoms with van der Waals surface area (Å²) >= 11 is 1.85. The predicted octanol–water partition coefficient (Wildman–Crippen LogP) is 14.8. The molecule has 3 aromatic heterocycles. The molecule has 5 heteroatoms. The second-order valence-electron chi connectivity index (χ2n) is 14.7. The van der Waals surface area contributed by atoms with E-state index in [2.05, 4.69) is 158 Å². The molecule has 0 bridgehead atoms. The lowest BCUT2D eigenvalue weighted by Gasteiger charge is -2.12. The highest BCUT2D eigenvalue weighted by Gasteiger charge is 2.17. The summed E-state index contributed by atoms with van der Waals surface area (Å²) in [6.45, 7) is 0. The molecule has 58 heavy (non-hydrogen) atoms. The number of fused-ring (bicyclic) bond motifs is 9. The van der Waals surface area contributed by atoms with Crippen LogP contribution in [-0.2, 0) is 0 Å².